The summed E-state index contributed by atoms with van der Waals surface area (Å²) in [6.07, 6.45) is 0.194. The quantitative estimate of drug-likeness (QED) is 0.301. The minimum Gasteiger partial charge on any atom is -0.497 e. The monoisotopic (exact) mass is 465 g/mol. The Balaban J connectivity index is 1.44. The summed E-state index contributed by atoms with van der Waals surface area (Å²) in [6.45, 7) is 0. The first-order valence-electron chi connectivity index (χ1n) is 10.3. The Bertz CT molecular complexity index is 1200. The average molecular weight is 465 g/mol. The van der Waals surface area contributed by atoms with Gasteiger partial charge in [0.1, 0.15) is 17.8 Å². The van der Waals surface area contributed by atoms with E-state index in [9.17, 15) is 9.46 Å². The van der Waals surface area contributed by atoms with Gasteiger partial charge in [-0.2, -0.15) is 5.21 Å². The van der Waals surface area contributed by atoms with Crippen LogP contribution < -0.4 is 14.6 Å². The lowest BCUT2D eigenvalue weighted by Gasteiger charge is -2.19. The normalized spacial score (nSPS) is 13.8. The van der Waals surface area contributed by atoms with Gasteiger partial charge in [-0.1, -0.05) is 65.9 Å². The van der Waals surface area contributed by atoms with E-state index in [4.69, 9.17) is 9.26 Å². The van der Waals surface area contributed by atoms with Gasteiger partial charge in [0.05, 0.1) is 13.2 Å². The predicted octanol–water partition coefficient (Wildman–Crippen LogP) is 3.97. The Morgan fingerprint density at radius 1 is 1.00 bits per heavy atom. The fourth-order valence-electron chi connectivity index (χ4n) is 3.35. The highest BCUT2D eigenvalue weighted by atomic mass is 31.2. The molecule has 1 heterocycles. The Labute approximate surface area is 191 Å². The third kappa shape index (κ3) is 6.26. The Morgan fingerprint density at radius 2 is 1.73 bits per heavy atom. The van der Waals surface area contributed by atoms with Gasteiger partial charge in [0, 0.05) is 6.07 Å². The SMILES string of the molecule is COc1cccc(OP(=O)(O)CNC(Cc2ccc(-c3ccccc3)cc2)c2nn[nH]n2)c1. The maximum atomic E-state index is 12.7. The van der Waals surface area contributed by atoms with Crippen LogP contribution in [-0.2, 0) is 11.0 Å². The van der Waals surface area contributed by atoms with Crippen molar-refractivity contribution in [3.63, 3.8) is 0 Å². The van der Waals surface area contributed by atoms with Crippen LogP contribution in [0.25, 0.3) is 11.1 Å². The second-order valence-corrected chi connectivity index (χ2v) is 9.13. The molecule has 0 spiro atoms. The number of rotatable bonds is 10. The van der Waals surface area contributed by atoms with Crippen LogP contribution in [0.5, 0.6) is 11.5 Å². The van der Waals surface area contributed by atoms with Crippen molar-refractivity contribution in [2.45, 2.75) is 12.5 Å². The number of aromatic amines is 1. The van der Waals surface area contributed by atoms with Gasteiger partial charge in [-0.15, -0.1) is 10.2 Å². The molecule has 4 rings (SSSR count). The van der Waals surface area contributed by atoms with Crippen LogP contribution in [0.1, 0.15) is 17.4 Å². The van der Waals surface area contributed by atoms with E-state index in [1.165, 1.54) is 7.11 Å². The molecule has 9 nitrogen and oxygen atoms in total. The highest BCUT2D eigenvalue weighted by Gasteiger charge is 2.25. The summed E-state index contributed by atoms with van der Waals surface area (Å²) in [7, 11) is -2.49. The minimum absolute atomic E-state index is 0.245. The second-order valence-electron chi connectivity index (χ2n) is 7.36. The fourth-order valence-corrected chi connectivity index (χ4v) is 4.31. The summed E-state index contributed by atoms with van der Waals surface area (Å²) in [5.74, 6) is 1.17. The van der Waals surface area contributed by atoms with Crippen molar-refractivity contribution < 1.29 is 18.7 Å². The predicted molar refractivity (Wildman–Crippen MR) is 124 cm³/mol. The van der Waals surface area contributed by atoms with Crippen LogP contribution in [-0.4, -0.2) is 38.9 Å². The topological polar surface area (TPSA) is 122 Å². The maximum Gasteiger partial charge on any atom is 0.390 e. The molecule has 0 amide bonds. The average Bonchev–Trinajstić information content (AvgIpc) is 3.37. The van der Waals surface area contributed by atoms with Crippen molar-refractivity contribution in [2.24, 2.45) is 0 Å². The summed E-state index contributed by atoms with van der Waals surface area (Å²) in [5.41, 5.74) is 3.25. The summed E-state index contributed by atoms with van der Waals surface area (Å²) in [4.78, 5) is 10.4. The van der Waals surface area contributed by atoms with Crippen LogP contribution in [0.4, 0.5) is 0 Å². The number of methoxy groups -OCH3 is 1. The zero-order valence-corrected chi connectivity index (χ0v) is 18.9. The molecule has 0 saturated heterocycles. The Hall–Kier alpha value is -3.52. The first kappa shape index (κ1) is 22.7. The smallest absolute Gasteiger partial charge is 0.390 e. The van der Waals surface area contributed by atoms with Gasteiger partial charge >= 0.3 is 7.60 Å². The van der Waals surface area contributed by atoms with Gasteiger partial charge in [0.25, 0.3) is 0 Å². The van der Waals surface area contributed by atoms with E-state index in [1.54, 1.807) is 24.3 Å². The molecule has 3 N–H and O–H groups in total. The van der Waals surface area contributed by atoms with Crippen molar-refractivity contribution in [2.75, 3.05) is 13.4 Å². The van der Waals surface area contributed by atoms with Crippen LogP contribution in [0.3, 0.4) is 0 Å². The molecule has 33 heavy (non-hydrogen) atoms. The molecule has 10 heteroatoms. The van der Waals surface area contributed by atoms with Crippen molar-refractivity contribution in [3.8, 4) is 22.6 Å². The third-order valence-corrected chi connectivity index (χ3v) is 6.08. The van der Waals surface area contributed by atoms with Crippen molar-refractivity contribution >= 4 is 7.60 Å². The van der Waals surface area contributed by atoms with E-state index in [-0.39, 0.29) is 12.0 Å². The molecule has 0 bridgehead atoms. The van der Waals surface area contributed by atoms with Gasteiger partial charge in [-0.05, 0) is 35.2 Å². The lowest BCUT2D eigenvalue weighted by Crippen LogP contribution is -2.26. The zero-order valence-electron chi connectivity index (χ0n) is 18.0. The zero-order chi connectivity index (χ0) is 23.1. The molecule has 1 aromatic heterocycles. The number of nitrogens with zero attached hydrogens (tertiary/aromatic N) is 3. The van der Waals surface area contributed by atoms with E-state index in [1.807, 2.05) is 42.5 Å². The fraction of sp³-hybridized carbons (Fsp3) is 0.174. The number of aromatic nitrogens is 4. The molecule has 0 radical (unpaired) electrons. The number of hydrogen-bond donors (Lipinski definition) is 3. The summed E-state index contributed by atoms with van der Waals surface area (Å²) >= 11 is 0. The Kier molecular flexibility index (Phi) is 7.14. The maximum absolute atomic E-state index is 12.7. The first-order chi connectivity index (χ1) is 16.0. The molecule has 0 aliphatic heterocycles. The number of benzene rings is 3. The van der Waals surface area contributed by atoms with E-state index in [0.29, 0.717) is 18.0 Å². The number of ether oxygens (including phenoxy) is 1. The molecule has 0 saturated carbocycles. The van der Waals surface area contributed by atoms with E-state index >= 15 is 0 Å². The molecule has 0 fully saturated rings. The van der Waals surface area contributed by atoms with Crippen molar-refractivity contribution in [1.82, 2.24) is 25.9 Å². The number of tetrazole rings is 1. The second kappa shape index (κ2) is 10.4. The van der Waals surface area contributed by atoms with E-state index < -0.39 is 13.6 Å². The molecule has 4 aromatic rings. The van der Waals surface area contributed by atoms with Crippen LogP contribution in [0.2, 0.25) is 0 Å². The molecule has 3 aromatic carbocycles. The molecular weight excluding hydrogens is 441 g/mol. The number of hydrogen-bond acceptors (Lipinski definition) is 7. The van der Waals surface area contributed by atoms with Crippen LogP contribution in [0.15, 0.2) is 78.9 Å². The number of H-pyrrole nitrogens is 1. The molecule has 0 aliphatic rings. The molecule has 170 valence electrons. The highest BCUT2D eigenvalue weighted by molar-refractivity contribution is 7.53. The van der Waals surface area contributed by atoms with Gasteiger partial charge in [0.2, 0.25) is 0 Å². The van der Waals surface area contributed by atoms with E-state index in [2.05, 4.69) is 38.1 Å². The standard InChI is InChI=1S/C23H24N5O4P/c1-31-20-8-5-9-21(15-20)32-33(29,30)16-24-22(23-25-27-28-26-23)14-17-10-12-19(13-11-17)18-6-3-2-4-7-18/h2-13,15,22,24H,14,16H2,1H3,(H,29,30)(H,25,26,27,28). The van der Waals surface area contributed by atoms with Crippen LogP contribution >= 0.6 is 7.60 Å². The van der Waals surface area contributed by atoms with Gasteiger partial charge < -0.3 is 14.2 Å². The largest absolute Gasteiger partial charge is 0.497 e. The lowest BCUT2D eigenvalue weighted by molar-refractivity contribution is 0.366. The van der Waals surface area contributed by atoms with Gasteiger partial charge in [0.15, 0.2) is 5.82 Å². The molecule has 2 atom stereocenters. The Morgan fingerprint density at radius 3 is 2.42 bits per heavy atom. The van der Waals surface area contributed by atoms with E-state index in [0.717, 1.165) is 16.7 Å². The summed E-state index contributed by atoms with van der Waals surface area (Å²) in [5, 5.41) is 17.2. The third-order valence-electron chi connectivity index (χ3n) is 5.00. The van der Waals surface area contributed by atoms with Crippen LogP contribution in [0, 0.1) is 0 Å². The number of nitrogens with one attached hydrogen (secondary N) is 2. The first-order valence-corrected chi connectivity index (χ1v) is 12.1. The highest BCUT2D eigenvalue weighted by Crippen LogP contribution is 2.42. The summed E-state index contributed by atoms with van der Waals surface area (Å²) in [6, 6.07) is 24.3. The molecule has 0 aliphatic carbocycles. The molecule has 2 unspecified atom stereocenters. The van der Waals surface area contributed by atoms with Gasteiger partial charge in [-0.25, -0.2) is 4.57 Å². The van der Waals surface area contributed by atoms with Gasteiger partial charge in [-0.3, -0.25) is 5.32 Å². The summed E-state index contributed by atoms with van der Waals surface area (Å²) < 4.78 is 23.1. The molecular formula is C23H24N5O4P. The van der Waals surface area contributed by atoms with Crippen molar-refractivity contribution in [3.05, 3.63) is 90.3 Å². The minimum atomic E-state index is -4.01. The van der Waals surface area contributed by atoms with Crippen molar-refractivity contribution in [1.29, 1.82) is 0 Å². The lowest BCUT2D eigenvalue weighted by atomic mass is 10.0.